The zero-order valence-corrected chi connectivity index (χ0v) is 17.7. The minimum Gasteiger partial charge on any atom is -0.457 e. The van der Waals surface area contributed by atoms with Crippen LogP contribution in [0.2, 0.25) is 0 Å². The monoisotopic (exact) mass is 425 g/mol. The largest absolute Gasteiger partial charge is 0.457 e. The van der Waals surface area contributed by atoms with Gasteiger partial charge in [-0.25, -0.2) is 4.98 Å². The number of anilines is 2. The molecule has 152 valence electrons. The number of nitriles is 1. The minimum absolute atomic E-state index is 0.444. The average Bonchev–Trinajstić information content (AvgIpc) is 3.19. The third kappa shape index (κ3) is 4.80. The number of hydrogen-bond donors (Lipinski definition) is 0. The van der Waals surface area contributed by atoms with Crippen molar-refractivity contribution in [2.75, 3.05) is 4.90 Å². The van der Waals surface area contributed by atoms with Crippen LogP contribution in [-0.2, 0) is 6.54 Å². The van der Waals surface area contributed by atoms with Gasteiger partial charge in [-0.2, -0.15) is 5.26 Å². The number of hydrogen-bond acceptors (Lipinski definition) is 6. The van der Waals surface area contributed by atoms with E-state index in [1.54, 1.807) is 12.1 Å². The first-order chi connectivity index (χ1) is 15.2. The van der Waals surface area contributed by atoms with Gasteiger partial charge in [0.15, 0.2) is 11.4 Å². The lowest BCUT2D eigenvalue weighted by Crippen LogP contribution is -2.16. The van der Waals surface area contributed by atoms with Crippen molar-refractivity contribution in [3.63, 3.8) is 0 Å². The summed E-state index contributed by atoms with van der Waals surface area (Å²) in [5.74, 6) is 1.52. The molecule has 0 saturated heterocycles. The van der Waals surface area contributed by atoms with E-state index in [2.05, 4.69) is 11.1 Å². The second-order valence-corrected chi connectivity index (χ2v) is 8.04. The number of aryl methyl sites for hydroxylation is 1. The van der Waals surface area contributed by atoms with Crippen LogP contribution in [0.3, 0.4) is 0 Å². The van der Waals surface area contributed by atoms with Gasteiger partial charge < -0.3 is 9.64 Å². The van der Waals surface area contributed by atoms with Crippen LogP contribution in [0.5, 0.6) is 11.5 Å². The maximum Gasteiger partial charge on any atom is 0.191 e. The zero-order chi connectivity index (χ0) is 21.6. The Morgan fingerprint density at radius 3 is 2.45 bits per heavy atom. The van der Waals surface area contributed by atoms with Crippen molar-refractivity contribution in [3.05, 3.63) is 101 Å². The Morgan fingerprint density at radius 2 is 1.77 bits per heavy atom. The van der Waals surface area contributed by atoms with E-state index < -0.39 is 0 Å². The number of rotatable bonds is 7. The third-order valence-corrected chi connectivity index (χ3v) is 5.70. The van der Waals surface area contributed by atoms with Gasteiger partial charge in [0.25, 0.3) is 0 Å². The number of aldehydes is 1. The van der Waals surface area contributed by atoms with Crippen LogP contribution in [0.1, 0.15) is 26.5 Å². The molecule has 0 aliphatic heterocycles. The van der Waals surface area contributed by atoms with E-state index in [0.29, 0.717) is 17.8 Å². The molecule has 0 unspecified atom stereocenters. The highest BCUT2D eigenvalue weighted by Crippen LogP contribution is 2.33. The Labute approximate surface area is 184 Å². The Bertz CT molecular complexity index is 1230. The maximum atomic E-state index is 11.3. The van der Waals surface area contributed by atoms with Gasteiger partial charge in [-0.3, -0.25) is 4.79 Å². The average molecular weight is 426 g/mol. The molecule has 0 fully saturated rings. The van der Waals surface area contributed by atoms with Gasteiger partial charge >= 0.3 is 0 Å². The molecule has 1 aromatic heterocycles. The van der Waals surface area contributed by atoms with Gasteiger partial charge in [-0.05, 0) is 61.0 Å². The van der Waals surface area contributed by atoms with Crippen LogP contribution in [0, 0.1) is 18.3 Å². The number of aromatic nitrogens is 1. The molecule has 1 heterocycles. The highest BCUT2D eigenvalue weighted by atomic mass is 32.1. The highest BCUT2D eigenvalue weighted by Gasteiger charge is 2.17. The Hall–Kier alpha value is -3.95. The van der Waals surface area contributed by atoms with Gasteiger partial charge in [-0.15, -0.1) is 11.3 Å². The molecule has 0 saturated carbocycles. The molecule has 0 aliphatic rings. The smallest absolute Gasteiger partial charge is 0.191 e. The fourth-order valence-electron chi connectivity index (χ4n) is 3.12. The molecule has 0 N–H and O–H groups in total. The molecule has 6 heteroatoms. The normalized spacial score (nSPS) is 10.3. The van der Waals surface area contributed by atoms with Crippen LogP contribution in [0.25, 0.3) is 0 Å². The summed E-state index contributed by atoms with van der Waals surface area (Å²) in [6.07, 6.45) is 0.778. The van der Waals surface area contributed by atoms with Crippen molar-refractivity contribution in [1.82, 2.24) is 4.98 Å². The molecule has 0 atom stereocenters. The van der Waals surface area contributed by atoms with E-state index in [9.17, 15) is 4.79 Å². The van der Waals surface area contributed by atoms with Crippen LogP contribution >= 0.6 is 11.3 Å². The summed E-state index contributed by atoms with van der Waals surface area (Å²) in [6.45, 7) is 2.42. The summed E-state index contributed by atoms with van der Waals surface area (Å²) in [7, 11) is 0. The minimum atomic E-state index is 0.444. The lowest BCUT2D eigenvalue weighted by molar-refractivity contribution is 0.111. The van der Waals surface area contributed by atoms with Crippen LogP contribution in [0.15, 0.2) is 78.9 Å². The number of thiazole rings is 1. The predicted octanol–water partition coefficient (Wildman–Crippen LogP) is 6.27. The van der Waals surface area contributed by atoms with E-state index in [4.69, 9.17) is 10.00 Å². The van der Waals surface area contributed by atoms with Gasteiger partial charge in [0.2, 0.25) is 0 Å². The number of nitrogens with zero attached hydrogens (tertiary/aromatic N) is 3. The summed E-state index contributed by atoms with van der Waals surface area (Å²) in [5.41, 5.74) is 2.95. The molecular weight excluding hydrogens is 406 g/mol. The first-order valence-corrected chi connectivity index (χ1v) is 10.5. The first kappa shape index (κ1) is 20.3. The van der Waals surface area contributed by atoms with Crippen molar-refractivity contribution >= 4 is 28.4 Å². The number of carbonyl (C=O) groups excluding carboxylic acids is 1. The highest BCUT2D eigenvalue weighted by molar-refractivity contribution is 7.15. The quantitative estimate of drug-likeness (QED) is 0.327. The van der Waals surface area contributed by atoms with Crippen molar-refractivity contribution in [1.29, 1.82) is 5.26 Å². The van der Waals surface area contributed by atoms with Gasteiger partial charge in [0, 0.05) is 10.6 Å². The summed E-state index contributed by atoms with van der Waals surface area (Å²) in [5, 5.41) is 9.84. The molecule has 3 aromatic carbocycles. The molecule has 0 amide bonds. The molecule has 0 radical (unpaired) electrons. The molecule has 31 heavy (non-hydrogen) atoms. The predicted molar refractivity (Wildman–Crippen MR) is 122 cm³/mol. The standard InChI is InChI=1S/C25H19N3O2S/c1-18-24(17-29)27-25(31-18)28(21-12-10-19(15-26)11-13-21)16-20-6-5-9-23(14-20)30-22-7-3-2-4-8-22/h2-14,17H,16H2,1H3. The third-order valence-electron chi connectivity index (χ3n) is 4.69. The summed E-state index contributed by atoms with van der Waals surface area (Å²) in [4.78, 5) is 18.7. The molecule has 0 aliphatic carbocycles. The number of carbonyl (C=O) groups is 1. The molecule has 0 bridgehead atoms. The Morgan fingerprint density at radius 1 is 1.03 bits per heavy atom. The van der Waals surface area contributed by atoms with Crippen molar-refractivity contribution in [2.45, 2.75) is 13.5 Å². The van der Waals surface area contributed by atoms with Crippen LogP contribution < -0.4 is 9.64 Å². The second kappa shape index (κ2) is 9.24. The van der Waals surface area contributed by atoms with Gasteiger partial charge in [0.1, 0.15) is 17.2 Å². The first-order valence-electron chi connectivity index (χ1n) is 9.68. The summed E-state index contributed by atoms with van der Waals surface area (Å²) >= 11 is 1.47. The zero-order valence-electron chi connectivity index (χ0n) is 16.9. The second-order valence-electron chi connectivity index (χ2n) is 6.86. The molecule has 4 rings (SSSR count). The molecule has 4 aromatic rings. The van der Waals surface area contributed by atoms with Gasteiger partial charge in [-0.1, -0.05) is 30.3 Å². The van der Waals surface area contributed by atoms with Crippen molar-refractivity contribution in [3.8, 4) is 17.6 Å². The Balaban J connectivity index is 1.66. The summed E-state index contributed by atoms with van der Waals surface area (Å²) < 4.78 is 5.97. The molecular formula is C25H19N3O2S. The summed E-state index contributed by atoms with van der Waals surface area (Å²) in [6, 6.07) is 27.0. The fourth-order valence-corrected chi connectivity index (χ4v) is 4.01. The van der Waals surface area contributed by atoms with Crippen LogP contribution in [0.4, 0.5) is 10.8 Å². The maximum absolute atomic E-state index is 11.3. The fraction of sp³-hybridized carbons (Fsp3) is 0.0800. The number of ether oxygens (including phenoxy) is 1. The number of para-hydroxylation sites is 1. The van der Waals surface area contributed by atoms with E-state index >= 15 is 0 Å². The van der Waals surface area contributed by atoms with E-state index in [1.165, 1.54) is 11.3 Å². The molecule has 5 nitrogen and oxygen atoms in total. The molecule has 0 spiro atoms. The van der Waals surface area contributed by atoms with E-state index in [-0.39, 0.29) is 0 Å². The van der Waals surface area contributed by atoms with Crippen LogP contribution in [-0.4, -0.2) is 11.3 Å². The topological polar surface area (TPSA) is 66.2 Å². The van der Waals surface area contributed by atoms with Gasteiger partial charge in [0.05, 0.1) is 18.2 Å². The lowest BCUT2D eigenvalue weighted by atomic mass is 10.1. The van der Waals surface area contributed by atoms with Crippen molar-refractivity contribution in [2.24, 2.45) is 0 Å². The van der Waals surface area contributed by atoms with Crippen molar-refractivity contribution < 1.29 is 9.53 Å². The van der Waals surface area contributed by atoms with E-state index in [0.717, 1.165) is 39.0 Å². The SMILES string of the molecule is Cc1sc(N(Cc2cccc(Oc3ccccc3)c2)c2ccc(C#N)cc2)nc1C=O. The Kier molecular flexibility index (Phi) is 6.06. The van der Waals surface area contributed by atoms with E-state index in [1.807, 2.05) is 78.6 Å². The number of benzene rings is 3. The lowest BCUT2D eigenvalue weighted by Gasteiger charge is -2.22.